The van der Waals surface area contributed by atoms with Gasteiger partial charge in [-0.25, -0.2) is 17.5 Å². The molecule has 1 fully saturated rings. The number of pyridine rings is 3. The molecule has 1 aromatic carbocycles. The molecule has 9 nitrogen and oxygen atoms in total. The van der Waals surface area contributed by atoms with Gasteiger partial charge >= 0.3 is 0 Å². The number of ether oxygens (including phenoxy) is 1. The van der Waals surface area contributed by atoms with Gasteiger partial charge in [0.05, 0.1) is 23.0 Å². The molecule has 0 unspecified atom stereocenters. The first kappa shape index (κ1) is 26.4. The molecule has 6 rings (SSSR count). The first-order chi connectivity index (χ1) is 19.0. The molecule has 0 aliphatic heterocycles. The maximum absolute atomic E-state index is 14.3. The van der Waals surface area contributed by atoms with Crippen molar-refractivity contribution in [2.45, 2.75) is 62.1 Å². The number of nitrogens with one attached hydrogen (secondary N) is 3. The van der Waals surface area contributed by atoms with Crippen LogP contribution in [0.3, 0.4) is 0 Å². The predicted molar refractivity (Wildman–Crippen MR) is 150 cm³/mol. The van der Waals surface area contributed by atoms with Gasteiger partial charge in [0.2, 0.25) is 10.0 Å². The van der Waals surface area contributed by atoms with E-state index in [4.69, 9.17) is 4.74 Å². The lowest BCUT2D eigenvalue weighted by molar-refractivity contribution is 0.221. The summed E-state index contributed by atoms with van der Waals surface area (Å²) in [7, 11) is -4.01. The maximum atomic E-state index is 14.3. The van der Waals surface area contributed by atoms with Crippen molar-refractivity contribution in [1.29, 1.82) is 0 Å². The summed E-state index contributed by atoms with van der Waals surface area (Å²) in [5.41, 5.74) is 1.26. The van der Waals surface area contributed by atoms with Crippen molar-refractivity contribution in [3.05, 3.63) is 82.3 Å². The molecule has 11 heteroatoms. The predicted octanol–water partition coefficient (Wildman–Crippen LogP) is 4.59. The minimum Gasteiger partial charge on any atom is -0.455 e. The minimum atomic E-state index is -4.01. The second-order valence-corrected chi connectivity index (χ2v) is 12.8. The third kappa shape index (κ3) is 5.71. The highest BCUT2D eigenvalue weighted by atomic mass is 32.2. The van der Waals surface area contributed by atoms with E-state index in [-0.39, 0.29) is 23.0 Å². The summed E-state index contributed by atoms with van der Waals surface area (Å²) in [6.45, 7) is 2.37. The minimum absolute atomic E-state index is 0.106. The highest BCUT2D eigenvalue weighted by Crippen LogP contribution is 2.42. The van der Waals surface area contributed by atoms with Crippen LogP contribution in [0.25, 0.3) is 10.8 Å². The van der Waals surface area contributed by atoms with Crippen LogP contribution in [0.2, 0.25) is 0 Å². The zero-order valence-corrected chi connectivity index (χ0v) is 23.0. The number of alkyl halides is 1. The largest absolute Gasteiger partial charge is 0.455 e. The lowest BCUT2D eigenvalue weighted by Crippen LogP contribution is -2.36. The number of hydrogen-bond donors (Lipinski definition) is 3. The molecule has 2 aliphatic carbocycles. The van der Waals surface area contributed by atoms with Crippen LogP contribution in [0.1, 0.15) is 49.4 Å². The van der Waals surface area contributed by atoms with Crippen LogP contribution in [0, 0.1) is 0 Å². The summed E-state index contributed by atoms with van der Waals surface area (Å²) < 4.78 is 50.0. The van der Waals surface area contributed by atoms with Gasteiger partial charge in [-0.2, -0.15) is 0 Å². The Kier molecular flexibility index (Phi) is 6.58. The highest BCUT2D eigenvalue weighted by molar-refractivity contribution is 7.89. The van der Waals surface area contributed by atoms with Crippen molar-refractivity contribution >= 4 is 26.5 Å². The van der Waals surface area contributed by atoms with Gasteiger partial charge in [-0.15, -0.1) is 0 Å². The van der Waals surface area contributed by atoms with Gasteiger partial charge in [0.15, 0.2) is 0 Å². The number of sulfonamides is 1. The molecule has 0 saturated heterocycles. The third-order valence-corrected chi connectivity index (χ3v) is 8.65. The van der Waals surface area contributed by atoms with Gasteiger partial charge in [0.1, 0.15) is 17.2 Å². The van der Waals surface area contributed by atoms with E-state index < -0.39 is 15.7 Å². The molecule has 4 aromatic rings. The highest BCUT2D eigenvalue weighted by Gasteiger charge is 2.33. The number of anilines is 1. The van der Waals surface area contributed by atoms with E-state index in [9.17, 15) is 17.6 Å². The number of benzene rings is 1. The molecule has 0 spiro atoms. The Labute approximate surface area is 231 Å². The molecule has 3 aromatic heterocycles. The summed E-state index contributed by atoms with van der Waals surface area (Å²) in [5.74, 6) is 1.20. The van der Waals surface area contributed by atoms with E-state index in [1.54, 1.807) is 30.7 Å². The lowest BCUT2D eigenvalue weighted by Gasteiger charge is -2.18. The average molecular weight is 564 g/mol. The summed E-state index contributed by atoms with van der Waals surface area (Å²) in [6.07, 6.45) is 9.61. The Balaban J connectivity index is 1.31. The van der Waals surface area contributed by atoms with Crippen LogP contribution in [-0.2, 0) is 22.9 Å². The molecular formula is C29H30FN5O4S. The van der Waals surface area contributed by atoms with Gasteiger partial charge in [-0.1, -0.05) is 0 Å². The number of hydrogen-bond acceptors (Lipinski definition) is 7. The molecule has 208 valence electrons. The quantitative estimate of drug-likeness (QED) is 0.272. The van der Waals surface area contributed by atoms with E-state index in [0.29, 0.717) is 41.3 Å². The van der Waals surface area contributed by atoms with E-state index >= 15 is 0 Å². The molecule has 0 radical (unpaired) electrons. The molecule has 2 aliphatic rings. The number of H-pyrrole nitrogens is 1. The average Bonchev–Trinajstić information content (AvgIpc) is 3.66. The zero-order chi connectivity index (χ0) is 28.1. The fraction of sp³-hybridized carbons (Fsp3) is 0.345. The third-order valence-electron chi connectivity index (χ3n) is 7.12. The summed E-state index contributed by atoms with van der Waals surface area (Å²) in [6, 6.07) is 8.57. The number of fused-ring (bicyclic) bond motifs is 2. The number of rotatable bonds is 9. The molecule has 1 saturated carbocycles. The topological polar surface area (TPSA) is 126 Å². The second kappa shape index (κ2) is 9.97. The molecular weight excluding hydrogens is 533 g/mol. The normalized spacial score (nSPS) is 17.1. The van der Waals surface area contributed by atoms with Crippen LogP contribution in [0.15, 0.2) is 64.8 Å². The van der Waals surface area contributed by atoms with Gasteiger partial charge < -0.3 is 15.0 Å². The SMILES string of the molecule is CC(C)(F)CNS(=O)(=O)c1c2c(cc3cnc(C4CC4)cc13)C[C@@H](Nc1cncc(Oc3cc[nH]c(=O)c3)c1)C2. The Hall–Kier alpha value is -3.83. The summed E-state index contributed by atoms with van der Waals surface area (Å²) in [5, 5.41) is 4.82. The van der Waals surface area contributed by atoms with Crippen LogP contribution >= 0.6 is 0 Å². The van der Waals surface area contributed by atoms with Gasteiger partial charge in [0, 0.05) is 59.5 Å². The van der Waals surface area contributed by atoms with E-state index in [0.717, 1.165) is 35.0 Å². The molecule has 0 amide bonds. The van der Waals surface area contributed by atoms with Crippen LogP contribution in [0.5, 0.6) is 11.5 Å². The fourth-order valence-corrected chi connectivity index (χ4v) is 6.81. The molecule has 3 heterocycles. The summed E-state index contributed by atoms with van der Waals surface area (Å²) in [4.78, 5) is 23.2. The smallest absolute Gasteiger partial charge is 0.251 e. The Morgan fingerprint density at radius 2 is 1.93 bits per heavy atom. The second-order valence-electron chi connectivity index (χ2n) is 11.1. The monoisotopic (exact) mass is 563 g/mol. The maximum Gasteiger partial charge on any atom is 0.251 e. The number of nitrogens with zero attached hydrogens (tertiary/aromatic N) is 2. The van der Waals surface area contributed by atoms with Crippen molar-refractivity contribution in [1.82, 2.24) is 19.7 Å². The molecule has 3 N–H and O–H groups in total. The lowest BCUT2D eigenvalue weighted by atomic mass is 10.0. The van der Waals surface area contributed by atoms with Crippen molar-refractivity contribution in [3.8, 4) is 11.5 Å². The van der Waals surface area contributed by atoms with Gasteiger partial charge in [-0.05, 0) is 68.9 Å². The Bertz CT molecular complexity index is 1760. The first-order valence-electron chi connectivity index (χ1n) is 13.3. The van der Waals surface area contributed by atoms with Crippen molar-refractivity contribution in [3.63, 3.8) is 0 Å². The van der Waals surface area contributed by atoms with Gasteiger partial charge in [0.25, 0.3) is 5.56 Å². The van der Waals surface area contributed by atoms with Crippen LogP contribution < -0.4 is 20.3 Å². The van der Waals surface area contributed by atoms with Gasteiger partial charge in [-0.3, -0.25) is 14.8 Å². The number of aromatic nitrogens is 3. The van der Waals surface area contributed by atoms with Crippen LogP contribution in [-0.4, -0.2) is 41.6 Å². The summed E-state index contributed by atoms with van der Waals surface area (Å²) >= 11 is 0. The zero-order valence-electron chi connectivity index (χ0n) is 22.2. The Morgan fingerprint density at radius 1 is 1.10 bits per heavy atom. The molecule has 0 bridgehead atoms. The van der Waals surface area contributed by atoms with Crippen molar-refractivity contribution in [2.75, 3.05) is 11.9 Å². The Morgan fingerprint density at radius 3 is 2.67 bits per heavy atom. The van der Waals surface area contributed by atoms with Crippen LogP contribution in [0.4, 0.5) is 10.1 Å². The number of aromatic amines is 1. The van der Waals surface area contributed by atoms with E-state index in [2.05, 4.69) is 25.0 Å². The molecule has 1 atom stereocenters. The molecule has 40 heavy (non-hydrogen) atoms. The van der Waals surface area contributed by atoms with Crippen molar-refractivity contribution in [2.24, 2.45) is 0 Å². The fourth-order valence-electron chi connectivity index (χ4n) is 5.13. The standard InChI is InChI=1S/C29H30FN5O4S/c1-29(2,30)16-34-40(37,38)28-24-10-20(8-18(24)7-19-13-33-26(12-25(19)28)17-3-4-17)35-21-9-23(15-31-14-21)39-22-5-6-32-27(36)11-22/h5-7,9,11-15,17,20,34-35H,3-4,8,10,16H2,1-2H3,(H,32,36)/t20-/m1/s1. The first-order valence-corrected chi connectivity index (χ1v) is 14.7. The van der Waals surface area contributed by atoms with E-state index in [1.165, 1.54) is 26.1 Å². The van der Waals surface area contributed by atoms with E-state index in [1.807, 2.05) is 12.1 Å². The number of halogens is 1. The van der Waals surface area contributed by atoms with Crippen molar-refractivity contribution < 1.29 is 17.5 Å².